The fourth-order valence-electron chi connectivity index (χ4n) is 5.35. The summed E-state index contributed by atoms with van der Waals surface area (Å²) in [5.41, 5.74) is 2.66. The molecule has 0 spiro atoms. The van der Waals surface area contributed by atoms with Gasteiger partial charge in [0.1, 0.15) is 0 Å². The molecule has 0 aromatic heterocycles. The first-order valence-corrected chi connectivity index (χ1v) is 11.5. The molecule has 2 aliphatic heterocycles. The van der Waals surface area contributed by atoms with Crippen molar-refractivity contribution in [3.05, 3.63) is 83.4 Å². The number of aryl methyl sites for hydroxylation is 1. The third-order valence-corrected chi connectivity index (χ3v) is 7.06. The van der Waals surface area contributed by atoms with Crippen LogP contribution in [0.4, 0.5) is 0 Å². The zero-order chi connectivity index (χ0) is 21.8. The summed E-state index contributed by atoms with van der Waals surface area (Å²) < 4.78 is 6.23. The minimum Gasteiger partial charge on any atom is -0.478 e. The Labute approximate surface area is 184 Å². The van der Waals surface area contributed by atoms with Gasteiger partial charge in [-0.25, -0.2) is 4.79 Å². The van der Waals surface area contributed by atoms with Crippen LogP contribution >= 0.6 is 0 Å². The summed E-state index contributed by atoms with van der Waals surface area (Å²) >= 11 is 0. The first-order valence-electron chi connectivity index (χ1n) is 11.5. The van der Waals surface area contributed by atoms with E-state index in [1.54, 1.807) is 12.1 Å². The zero-order valence-corrected chi connectivity index (χ0v) is 18.1. The molecule has 4 heteroatoms. The zero-order valence-electron chi connectivity index (χ0n) is 18.1. The van der Waals surface area contributed by atoms with Gasteiger partial charge in [0.25, 0.3) is 0 Å². The van der Waals surface area contributed by atoms with E-state index in [9.17, 15) is 9.90 Å². The normalized spacial score (nSPS) is 26.9. The van der Waals surface area contributed by atoms with Gasteiger partial charge in [-0.1, -0.05) is 61.5 Å². The van der Waals surface area contributed by atoms with Crippen molar-refractivity contribution in [2.24, 2.45) is 11.8 Å². The Hall–Kier alpha value is -2.43. The maximum atomic E-state index is 11.1. The molecule has 4 rings (SSSR count). The van der Waals surface area contributed by atoms with Gasteiger partial charge < -0.3 is 14.9 Å². The third kappa shape index (κ3) is 4.91. The molecule has 6 atom stereocenters. The Morgan fingerprint density at radius 3 is 2.48 bits per heavy atom. The van der Waals surface area contributed by atoms with Crippen LogP contribution < -0.4 is 0 Å². The van der Waals surface area contributed by atoms with E-state index in [4.69, 9.17) is 9.84 Å². The average molecular weight is 421 g/mol. The van der Waals surface area contributed by atoms with E-state index in [0.29, 0.717) is 23.5 Å². The number of aliphatic hydroxyl groups is 1. The maximum Gasteiger partial charge on any atom is 0.335 e. The summed E-state index contributed by atoms with van der Waals surface area (Å²) in [6.07, 6.45) is 9.25. The summed E-state index contributed by atoms with van der Waals surface area (Å²) in [4.78, 5) is 11.1. The van der Waals surface area contributed by atoms with Gasteiger partial charge in [-0.3, -0.25) is 0 Å². The van der Waals surface area contributed by atoms with E-state index in [2.05, 4.69) is 25.1 Å². The van der Waals surface area contributed by atoms with Gasteiger partial charge in [-0.15, -0.1) is 0 Å². The van der Waals surface area contributed by atoms with E-state index < -0.39 is 12.1 Å². The summed E-state index contributed by atoms with van der Waals surface area (Å²) in [7, 11) is 0. The average Bonchev–Trinajstić information content (AvgIpc) is 3.39. The molecule has 2 aliphatic rings. The van der Waals surface area contributed by atoms with Gasteiger partial charge in [-0.2, -0.15) is 0 Å². The van der Waals surface area contributed by atoms with E-state index in [1.807, 2.05) is 36.4 Å². The molecule has 164 valence electrons. The summed E-state index contributed by atoms with van der Waals surface area (Å²) in [5, 5.41) is 20.0. The number of hydrogen-bond donors (Lipinski definition) is 2. The molecule has 2 heterocycles. The van der Waals surface area contributed by atoms with Gasteiger partial charge in [0.05, 0.1) is 23.9 Å². The molecular weight excluding hydrogens is 388 g/mol. The van der Waals surface area contributed by atoms with Crippen LogP contribution in [0.2, 0.25) is 0 Å². The number of aromatic carboxylic acids is 1. The van der Waals surface area contributed by atoms with Crippen LogP contribution in [-0.4, -0.2) is 34.5 Å². The predicted octanol–water partition coefficient (Wildman–Crippen LogP) is 5.22. The lowest BCUT2D eigenvalue weighted by Gasteiger charge is -2.26. The number of hydrogen-bond acceptors (Lipinski definition) is 3. The molecule has 2 unspecified atom stereocenters. The number of benzene rings is 2. The Morgan fingerprint density at radius 2 is 1.81 bits per heavy atom. The molecule has 2 fully saturated rings. The number of fused-ring (bicyclic) bond motifs is 2. The van der Waals surface area contributed by atoms with Crippen molar-refractivity contribution in [1.29, 1.82) is 0 Å². The second kappa shape index (κ2) is 9.80. The van der Waals surface area contributed by atoms with Crippen molar-refractivity contribution in [1.82, 2.24) is 0 Å². The summed E-state index contributed by atoms with van der Waals surface area (Å²) in [5.74, 6) is -0.0148. The quantitative estimate of drug-likeness (QED) is 0.546. The molecule has 2 bridgehead atoms. The molecule has 0 amide bonds. The highest BCUT2D eigenvalue weighted by Crippen LogP contribution is 2.46. The molecule has 4 nitrogen and oxygen atoms in total. The molecule has 2 N–H and O–H groups in total. The standard InChI is InChI=1S/C27H32O4/c1-2-21(19-6-4-3-5-7-19)24(28)15-14-23-22(25-16-17-26(23)31-25)13-10-18-8-11-20(12-9-18)27(29)30/h3-9,11-12,14-15,21-26,28H,2,10,13,16-17H2,1H3,(H,29,30)/b15-14+/t21?,22-,23+,24?,25-,26+/m0/s1. The van der Waals surface area contributed by atoms with E-state index in [1.165, 1.54) is 5.56 Å². The molecule has 2 aromatic rings. The van der Waals surface area contributed by atoms with Crippen molar-refractivity contribution in [3.8, 4) is 0 Å². The van der Waals surface area contributed by atoms with Gasteiger partial charge in [0.15, 0.2) is 0 Å². The summed E-state index contributed by atoms with van der Waals surface area (Å²) in [6, 6.07) is 17.4. The molecule has 31 heavy (non-hydrogen) atoms. The smallest absolute Gasteiger partial charge is 0.335 e. The van der Waals surface area contributed by atoms with Crippen molar-refractivity contribution in [3.63, 3.8) is 0 Å². The fraction of sp³-hybridized carbons (Fsp3) is 0.444. The van der Waals surface area contributed by atoms with Crippen LogP contribution in [0.3, 0.4) is 0 Å². The lowest BCUT2D eigenvalue weighted by molar-refractivity contribution is 0.0697. The van der Waals surface area contributed by atoms with E-state index >= 15 is 0 Å². The van der Waals surface area contributed by atoms with Crippen molar-refractivity contribution < 1.29 is 19.7 Å². The lowest BCUT2D eigenvalue weighted by atomic mass is 9.76. The first kappa shape index (κ1) is 21.8. The van der Waals surface area contributed by atoms with Crippen LogP contribution in [-0.2, 0) is 11.2 Å². The number of carbonyl (C=O) groups is 1. The Balaban J connectivity index is 1.41. The first-order chi connectivity index (χ1) is 15.1. The second-order valence-electron chi connectivity index (χ2n) is 8.87. The number of carboxylic acids is 1. The minimum atomic E-state index is -0.891. The molecule has 2 aromatic carbocycles. The van der Waals surface area contributed by atoms with Gasteiger partial charge in [0.2, 0.25) is 0 Å². The number of carboxylic acid groups (broad SMARTS) is 1. The van der Waals surface area contributed by atoms with Crippen LogP contribution in [0, 0.1) is 11.8 Å². The highest BCUT2D eigenvalue weighted by Gasteiger charge is 2.47. The predicted molar refractivity (Wildman–Crippen MR) is 121 cm³/mol. The van der Waals surface area contributed by atoms with Crippen molar-refractivity contribution >= 4 is 5.97 Å². The van der Waals surface area contributed by atoms with Crippen LogP contribution in [0.5, 0.6) is 0 Å². The van der Waals surface area contributed by atoms with Gasteiger partial charge in [0, 0.05) is 11.8 Å². The van der Waals surface area contributed by atoms with E-state index in [-0.39, 0.29) is 12.0 Å². The highest BCUT2D eigenvalue weighted by molar-refractivity contribution is 5.87. The Morgan fingerprint density at radius 1 is 1.10 bits per heavy atom. The topological polar surface area (TPSA) is 66.8 Å². The second-order valence-corrected chi connectivity index (χ2v) is 8.87. The third-order valence-electron chi connectivity index (χ3n) is 7.06. The number of aliphatic hydroxyl groups excluding tert-OH is 1. The van der Waals surface area contributed by atoms with Crippen LogP contribution in [0.15, 0.2) is 66.7 Å². The highest BCUT2D eigenvalue weighted by atomic mass is 16.5. The molecular formula is C27H32O4. The molecule has 0 radical (unpaired) electrons. The van der Waals surface area contributed by atoms with Crippen LogP contribution in [0.1, 0.15) is 60.0 Å². The SMILES string of the molecule is CCC(c1ccccc1)C(O)/C=C/[C@@H]1[C@H](CCc2ccc(C(=O)O)cc2)[C@@H]2CC[C@H]1O2. The fourth-order valence-corrected chi connectivity index (χ4v) is 5.35. The Kier molecular flexibility index (Phi) is 6.89. The van der Waals surface area contributed by atoms with Crippen molar-refractivity contribution in [2.45, 2.75) is 63.3 Å². The molecule has 2 saturated heterocycles. The molecule has 0 saturated carbocycles. The van der Waals surface area contributed by atoms with Gasteiger partial charge >= 0.3 is 5.97 Å². The largest absolute Gasteiger partial charge is 0.478 e. The molecule has 0 aliphatic carbocycles. The number of rotatable bonds is 9. The monoisotopic (exact) mass is 420 g/mol. The number of ether oxygens (including phenoxy) is 1. The van der Waals surface area contributed by atoms with Gasteiger partial charge in [-0.05, 0) is 61.3 Å². The minimum absolute atomic E-state index is 0.100. The van der Waals surface area contributed by atoms with E-state index in [0.717, 1.165) is 37.7 Å². The maximum absolute atomic E-state index is 11.1. The lowest BCUT2D eigenvalue weighted by Crippen LogP contribution is -2.27. The summed E-state index contributed by atoms with van der Waals surface area (Å²) in [6.45, 7) is 2.12. The van der Waals surface area contributed by atoms with Crippen LogP contribution in [0.25, 0.3) is 0 Å². The Bertz CT molecular complexity index is 889. The van der Waals surface area contributed by atoms with Crippen molar-refractivity contribution in [2.75, 3.05) is 0 Å².